The van der Waals surface area contributed by atoms with Crippen molar-refractivity contribution in [3.63, 3.8) is 0 Å². The van der Waals surface area contributed by atoms with Gasteiger partial charge in [-0.05, 0) is 24.1 Å². The van der Waals surface area contributed by atoms with Crippen LogP contribution in [0, 0.1) is 0 Å². The van der Waals surface area contributed by atoms with E-state index in [1.165, 1.54) is 0 Å². The lowest BCUT2D eigenvalue weighted by atomic mass is 10.2. The summed E-state index contributed by atoms with van der Waals surface area (Å²) in [7, 11) is 0.805. The molecule has 1 aromatic rings. The maximum Gasteiger partial charge on any atom is 0.500 e. The highest BCUT2D eigenvalue weighted by Crippen LogP contribution is 2.20. The minimum Gasteiger partial charge on any atom is -0.377 e. The second kappa shape index (κ2) is 7.91. The highest BCUT2D eigenvalue weighted by atomic mass is 35.5. The summed E-state index contributed by atoms with van der Waals surface area (Å²) < 4.78 is 16.9. The van der Waals surface area contributed by atoms with E-state index in [9.17, 15) is 0 Å². The zero-order valence-electron chi connectivity index (χ0n) is 11.2. The third kappa shape index (κ3) is 4.70. The number of halogens is 1. The Morgan fingerprint density at radius 3 is 2.50 bits per heavy atom. The van der Waals surface area contributed by atoms with Crippen LogP contribution in [0.2, 0.25) is 11.1 Å². The Bertz CT molecular complexity index is 356. The predicted octanol–water partition coefficient (Wildman–Crippen LogP) is 3.89. The summed E-state index contributed by atoms with van der Waals surface area (Å²) in [6, 6.07) is 8.48. The second-order valence-electron chi connectivity index (χ2n) is 4.11. The topological polar surface area (TPSA) is 27.7 Å². The van der Waals surface area contributed by atoms with E-state index < -0.39 is 8.80 Å². The van der Waals surface area contributed by atoms with Crippen LogP contribution in [0.25, 0.3) is 0 Å². The van der Waals surface area contributed by atoms with Crippen LogP contribution < -0.4 is 0 Å². The average Bonchev–Trinajstić information content (AvgIpc) is 2.40. The molecule has 0 bridgehead atoms. The van der Waals surface area contributed by atoms with Gasteiger partial charge in [0.1, 0.15) is 0 Å². The third-order valence-electron chi connectivity index (χ3n) is 2.81. The van der Waals surface area contributed by atoms with Crippen LogP contribution in [-0.4, -0.2) is 23.0 Å². The maximum absolute atomic E-state index is 5.94. The van der Waals surface area contributed by atoms with E-state index in [2.05, 4.69) is 6.92 Å². The molecule has 5 heteroatoms. The van der Waals surface area contributed by atoms with Gasteiger partial charge in [-0.25, -0.2) is 0 Å². The molecule has 1 rings (SSSR count). The molecule has 18 heavy (non-hydrogen) atoms. The first-order valence-corrected chi connectivity index (χ1v) is 8.45. The molecule has 0 aliphatic rings. The Morgan fingerprint density at radius 1 is 1.22 bits per heavy atom. The van der Waals surface area contributed by atoms with E-state index in [1.807, 2.05) is 24.3 Å². The van der Waals surface area contributed by atoms with Crippen LogP contribution in [0.4, 0.5) is 0 Å². The van der Waals surface area contributed by atoms with Gasteiger partial charge in [0, 0.05) is 25.3 Å². The summed E-state index contributed by atoms with van der Waals surface area (Å²) >= 11 is 5.94. The van der Waals surface area contributed by atoms with Gasteiger partial charge in [-0.3, -0.25) is 0 Å². The van der Waals surface area contributed by atoms with E-state index in [1.54, 1.807) is 14.2 Å². The number of benzene rings is 1. The van der Waals surface area contributed by atoms with Gasteiger partial charge in [-0.1, -0.05) is 37.1 Å². The van der Waals surface area contributed by atoms with Crippen molar-refractivity contribution < 1.29 is 13.3 Å². The first-order valence-electron chi connectivity index (χ1n) is 6.14. The zero-order chi connectivity index (χ0) is 13.4. The fourth-order valence-corrected chi connectivity index (χ4v) is 4.03. The molecule has 0 N–H and O–H groups in total. The van der Waals surface area contributed by atoms with E-state index in [-0.39, 0.29) is 0 Å². The fourth-order valence-electron chi connectivity index (χ4n) is 1.69. The molecule has 0 aliphatic carbocycles. The van der Waals surface area contributed by atoms with Gasteiger partial charge in [0.05, 0.1) is 6.61 Å². The molecule has 0 unspecified atom stereocenters. The van der Waals surface area contributed by atoms with Crippen molar-refractivity contribution in [2.24, 2.45) is 0 Å². The minimum atomic E-state index is -2.51. The Kier molecular flexibility index (Phi) is 6.89. The number of hydrogen-bond acceptors (Lipinski definition) is 3. The van der Waals surface area contributed by atoms with Crippen molar-refractivity contribution in [3.8, 4) is 0 Å². The van der Waals surface area contributed by atoms with Crippen LogP contribution in [0.5, 0.6) is 0 Å². The Hall–Kier alpha value is -0.393. The SMILES string of the molecule is CCCC[Si](OC)(OC)OCc1cccc(Cl)c1. The molecule has 1 aromatic carbocycles. The molecule has 3 nitrogen and oxygen atoms in total. The van der Waals surface area contributed by atoms with Gasteiger partial charge < -0.3 is 13.3 Å². The molecular formula is C13H21ClO3Si. The van der Waals surface area contributed by atoms with Crippen molar-refractivity contribution >= 4 is 20.4 Å². The largest absolute Gasteiger partial charge is 0.500 e. The summed E-state index contributed by atoms with van der Waals surface area (Å²) in [4.78, 5) is 0. The first kappa shape index (κ1) is 15.7. The number of unbranched alkanes of at least 4 members (excludes halogenated alkanes) is 1. The molecule has 0 aromatic heterocycles. The number of hydrogen-bond donors (Lipinski definition) is 0. The number of rotatable bonds is 8. The lowest BCUT2D eigenvalue weighted by Gasteiger charge is -2.26. The summed E-state index contributed by atoms with van der Waals surface area (Å²) in [5.74, 6) is 0. The molecule has 0 spiro atoms. The van der Waals surface area contributed by atoms with Gasteiger partial charge >= 0.3 is 8.80 Å². The molecular weight excluding hydrogens is 268 g/mol. The monoisotopic (exact) mass is 288 g/mol. The lowest BCUT2D eigenvalue weighted by Crippen LogP contribution is -2.43. The molecule has 0 amide bonds. The molecule has 0 radical (unpaired) electrons. The second-order valence-corrected chi connectivity index (χ2v) is 7.52. The van der Waals surface area contributed by atoms with Crippen LogP contribution in [0.15, 0.2) is 24.3 Å². The maximum atomic E-state index is 5.94. The molecule has 0 fully saturated rings. The third-order valence-corrected chi connectivity index (χ3v) is 5.84. The predicted molar refractivity (Wildman–Crippen MR) is 75.7 cm³/mol. The Balaban J connectivity index is 2.61. The van der Waals surface area contributed by atoms with E-state index in [0.29, 0.717) is 11.6 Å². The van der Waals surface area contributed by atoms with Gasteiger partial charge in [0.15, 0.2) is 0 Å². The summed E-state index contributed by atoms with van der Waals surface area (Å²) in [6.45, 7) is 2.61. The Morgan fingerprint density at radius 2 is 1.94 bits per heavy atom. The van der Waals surface area contributed by atoms with Crippen LogP contribution in [0.3, 0.4) is 0 Å². The van der Waals surface area contributed by atoms with E-state index in [4.69, 9.17) is 24.9 Å². The van der Waals surface area contributed by atoms with E-state index >= 15 is 0 Å². The summed E-state index contributed by atoms with van der Waals surface area (Å²) in [6.07, 6.45) is 2.14. The normalized spacial score (nSPS) is 11.8. The van der Waals surface area contributed by atoms with Crippen LogP contribution in [-0.2, 0) is 19.9 Å². The van der Waals surface area contributed by atoms with Gasteiger partial charge in [-0.15, -0.1) is 0 Å². The highest BCUT2D eigenvalue weighted by Gasteiger charge is 2.38. The lowest BCUT2D eigenvalue weighted by molar-refractivity contribution is 0.0907. The van der Waals surface area contributed by atoms with Gasteiger partial charge in [-0.2, -0.15) is 0 Å². The molecule has 0 atom stereocenters. The quantitative estimate of drug-likeness (QED) is 0.679. The van der Waals surface area contributed by atoms with Crippen LogP contribution in [0.1, 0.15) is 25.3 Å². The van der Waals surface area contributed by atoms with Gasteiger partial charge in [0.2, 0.25) is 0 Å². The molecule has 0 saturated heterocycles. The highest BCUT2D eigenvalue weighted by molar-refractivity contribution is 6.60. The van der Waals surface area contributed by atoms with Gasteiger partial charge in [0.25, 0.3) is 0 Å². The smallest absolute Gasteiger partial charge is 0.377 e. The summed E-state index contributed by atoms with van der Waals surface area (Å²) in [5.41, 5.74) is 1.03. The van der Waals surface area contributed by atoms with Crippen molar-refractivity contribution in [2.75, 3.05) is 14.2 Å². The molecule has 0 aliphatic heterocycles. The molecule has 102 valence electrons. The minimum absolute atomic E-state index is 0.470. The van der Waals surface area contributed by atoms with Crippen molar-refractivity contribution in [3.05, 3.63) is 34.9 Å². The Labute approximate surface area is 115 Å². The first-order chi connectivity index (χ1) is 8.65. The molecule has 0 saturated carbocycles. The summed E-state index contributed by atoms with van der Waals surface area (Å²) in [5, 5.41) is 0.715. The van der Waals surface area contributed by atoms with Crippen molar-refractivity contribution in [1.29, 1.82) is 0 Å². The standard InChI is InChI=1S/C13H21ClO3Si/c1-4-5-9-18(15-2,16-3)17-11-12-7-6-8-13(14)10-12/h6-8,10H,4-5,9,11H2,1-3H3. The zero-order valence-corrected chi connectivity index (χ0v) is 13.0. The van der Waals surface area contributed by atoms with Crippen molar-refractivity contribution in [1.82, 2.24) is 0 Å². The van der Waals surface area contributed by atoms with E-state index in [0.717, 1.165) is 24.4 Å². The van der Waals surface area contributed by atoms with Crippen molar-refractivity contribution in [2.45, 2.75) is 32.4 Å². The average molecular weight is 289 g/mol. The molecule has 0 heterocycles. The van der Waals surface area contributed by atoms with Crippen LogP contribution >= 0.6 is 11.6 Å². The fraction of sp³-hybridized carbons (Fsp3) is 0.538.